The summed E-state index contributed by atoms with van der Waals surface area (Å²) in [5.41, 5.74) is 1.73. The molecule has 0 amide bonds. The van der Waals surface area contributed by atoms with Crippen LogP contribution in [-0.2, 0) is 0 Å². The number of fused-ring (bicyclic) bond motifs is 1. The lowest BCUT2D eigenvalue weighted by Gasteiger charge is -2.29. The van der Waals surface area contributed by atoms with Crippen LogP contribution in [0.3, 0.4) is 0 Å². The third-order valence-electron chi connectivity index (χ3n) is 3.38. The van der Waals surface area contributed by atoms with Crippen molar-refractivity contribution in [3.8, 4) is 0 Å². The Bertz CT molecular complexity index is 484. The van der Waals surface area contributed by atoms with E-state index in [-0.39, 0.29) is 0 Å². The standard InChI is InChI=1S/C14H17BrS/c1-4-14(2,3)13(15)11-9-16-12-8-6-5-7-10(11)12/h5-9,13H,4H2,1-3H3. The predicted molar refractivity (Wildman–Crippen MR) is 77.6 cm³/mol. The fourth-order valence-corrected chi connectivity index (χ4v) is 3.66. The van der Waals surface area contributed by atoms with Crippen LogP contribution in [0.5, 0.6) is 0 Å². The molecule has 2 rings (SSSR count). The topological polar surface area (TPSA) is 0 Å². The number of rotatable bonds is 3. The maximum absolute atomic E-state index is 3.87. The number of hydrogen-bond acceptors (Lipinski definition) is 1. The molecule has 86 valence electrons. The van der Waals surface area contributed by atoms with E-state index in [4.69, 9.17) is 0 Å². The normalized spacial score (nSPS) is 14.2. The zero-order valence-corrected chi connectivity index (χ0v) is 12.4. The Morgan fingerprint density at radius 3 is 2.69 bits per heavy atom. The van der Waals surface area contributed by atoms with Crippen LogP contribution in [0.25, 0.3) is 10.1 Å². The summed E-state index contributed by atoms with van der Waals surface area (Å²) >= 11 is 5.71. The minimum absolute atomic E-state index is 0.295. The Balaban J connectivity index is 2.48. The van der Waals surface area contributed by atoms with Gasteiger partial charge in [-0.05, 0) is 34.2 Å². The van der Waals surface area contributed by atoms with Gasteiger partial charge in [0.05, 0.1) is 0 Å². The fraction of sp³-hybridized carbons (Fsp3) is 0.429. The van der Waals surface area contributed by atoms with Crippen molar-refractivity contribution >= 4 is 37.4 Å². The van der Waals surface area contributed by atoms with Crippen molar-refractivity contribution < 1.29 is 0 Å². The number of halogens is 1. The zero-order chi connectivity index (χ0) is 11.8. The van der Waals surface area contributed by atoms with E-state index in [0.717, 1.165) is 0 Å². The minimum Gasteiger partial charge on any atom is -0.143 e. The first-order valence-electron chi connectivity index (χ1n) is 5.66. The molecule has 1 heterocycles. The number of thiophene rings is 1. The van der Waals surface area contributed by atoms with Crippen LogP contribution >= 0.6 is 27.3 Å². The van der Waals surface area contributed by atoms with Crippen LogP contribution in [-0.4, -0.2) is 0 Å². The van der Waals surface area contributed by atoms with Crippen molar-refractivity contribution in [3.63, 3.8) is 0 Å². The first-order valence-corrected chi connectivity index (χ1v) is 7.46. The predicted octanol–water partition coefficient (Wildman–Crippen LogP) is 5.77. The maximum Gasteiger partial charge on any atom is 0.0460 e. The van der Waals surface area contributed by atoms with E-state index in [1.54, 1.807) is 0 Å². The summed E-state index contributed by atoms with van der Waals surface area (Å²) in [4.78, 5) is 0.432. The van der Waals surface area contributed by atoms with E-state index in [0.29, 0.717) is 10.2 Å². The van der Waals surface area contributed by atoms with Gasteiger partial charge in [-0.1, -0.05) is 54.9 Å². The third kappa shape index (κ3) is 2.05. The summed E-state index contributed by atoms with van der Waals surface area (Å²) in [6.45, 7) is 6.89. The molecule has 1 unspecified atom stereocenters. The van der Waals surface area contributed by atoms with Crippen molar-refractivity contribution in [1.82, 2.24) is 0 Å². The highest BCUT2D eigenvalue weighted by atomic mass is 79.9. The molecular formula is C14H17BrS. The average molecular weight is 297 g/mol. The van der Waals surface area contributed by atoms with E-state index in [2.05, 4.69) is 66.3 Å². The van der Waals surface area contributed by atoms with Gasteiger partial charge in [-0.2, -0.15) is 0 Å². The molecule has 0 nitrogen and oxygen atoms in total. The van der Waals surface area contributed by atoms with Crippen molar-refractivity contribution in [2.75, 3.05) is 0 Å². The molecule has 0 spiro atoms. The third-order valence-corrected chi connectivity index (χ3v) is 6.10. The van der Waals surface area contributed by atoms with Gasteiger partial charge in [0.1, 0.15) is 0 Å². The molecule has 2 aromatic rings. The molecular weight excluding hydrogens is 280 g/mol. The molecule has 0 aliphatic rings. The van der Waals surface area contributed by atoms with E-state index in [1.807, 2.05) is 11.3 Å². The van der Waals surface area contributed by atoms with E-state index in [1.165, 1.54) is 22.1 Å². The van der Waals surface area contributed by atoms with Crippen LogP contribution in [0.4, 0.5) is 0 Å². The Morgan fingerprint density at radius 1 is 1.31 bits per heavy atom. The van der Waals surface area contributed by atoms with Crippen LogP contribution in [0, 0.1) is 5.41 Å². The summed E-state index contributed by atoms with van der Waals surface area (Å²) in [6.07, 6.45) is 1.17. The number of benzene rings is 1. The molecule has 0 aliphatic heterocycles. The molecule has 0 fully saturated rings. The molecule has 16 heavy (non-hydrogen) atoms. The molecule has 0 saturated carbocycles. The fourth-order valence-electron chi connectivity index (χ4n) is 1.79. The minimum atomic E-state index is 0.295. The summed E-state index contributed by atoms with van der Waals surface area (Å²) in [5, 5.41) is 3.69. The van der Waals surface area contributed by atoms with Crippen molar-refractivity contribution in [3.05, 3.63) is 35.2 Å². The molecule has 2 heteroatoms. The maximum atomic E-state index is 3.87. The molecule has 1 atom stereocenters. The SMILES string of the molecule is CCC(C)(C)C(Br)c1csc2ccccc12. The quantitative estimate of drug-likeness (QED) is 0.630. The summed E-state index contributed by atoms with van der Waals surface area (Å²) < 4.78 is 1.38. The van der Waals surface area contributed by atoms with E-state index >= 15 is 0 Å². The number of alkyl halides is 1. The second-order valence-electron chi connectivity index (χ2n) is 4.89. The smallest absolute Gasteiger partial charge is 0.0460 e. The molecule has 1 aromatic carbocycles. The monoisotopic (exact) mass is 296 g/mol. The molecule has 0 saturated heterocycles. The Kier molecular flexibility index (Phi) is 3.41. The Labute approximate surface area is 110 Å². The highest BCUT2D eigenvalue weighted by Crippen LogP contribution is 2.46. The van der Waals surface area contributed by atoms with Gasteiger partial charge in [0.2, 0.25) is 0 Å². The van der Waals surface area contributed by atoms with Crippen molar-refractivity contribution in [1.29, 1.82) is 0 Å². The molecule has 0 radical (unpaired) electrons. The Hall–Kier alpha value is -0.340. The first-order chi connectivity index (χ1) is 7.56. The highest BCUT2D eigenvalue weighted by molar-refractivity contribution is 9.09. The van der Waals surface area contributed by atoms with Gasteiger partial charge < -0.3 is 0 Å². The van der Waals surface area contributed by atoms with Gasteiger partial charge in [-0.3, -0.25) is 0 Å². The lowest BCUT2D eigenvalue weighted by atomic mass is 9.83. The van der Waals surface area contributed by atoms with Crippen molar-refractivity contribution in [2.24, 2.45) is 5.41 Å². The summed E-state index contributed by atoms with van der Waals surface area (Å²) in [6, 6.07) is 8.65. The second kappa shape index (κ2) is 4.50. The average Bonchev–Trinajstić information content (AvgIpc) is 2.71. The summed E-state index contributed by atoms with van der Waals surface area (Å²) in [5.74, 6) is 0. The number of hydrogen-bond donors (Lipinski definition) is 0. The van der Waals surface area contributed by atoms with Crippen LogP contribution in [0.2, 0.25) is 0 Å². The first kappa shape index (κ1) is 12.1. The van der Waals surface area contributed by atoms with Crippen LogP contribution < -0.4 is 0 Å². The van der Waals surface area contributed by atoms with Gasteiger partial charge in [0.25, 0.3) is 0 Å². The van der Waals surface area contributed by atoms with Gasteiger partial charge >= 0.3 is 0 Å². The van der Waals surface area contributed by atoms with Gasteiger partial charge in [0, 0.05) is 9.53 Å². The molecule has 0 N–H and O–H groups in total. The van der Waals surface area contributed by atoms with E-state index < -0.39 is 0 Å². The lowest BCUT2D eigenvalue weighted by molar-refractivity contribution is 0.347. The van der Waals surface area contributed by atoms with Gasteiger partial charge in [-0.15, -0.1) is 11.3 Å². The summed E-state index contributed by atoms with van der Waals surface area (Å²) in [7, 11) is 0. The van der Waals surface area contributed by atoms with Gasteiger partial charge in [0.15, 0.2) is 0 Å². The van der Waals surface area contributed by atoms with Gasteiger partial charge in [-0.25, -0.2) is 0 Å². The van der Waals surface area contributed by atoms with Crippen LogP contribution in [0.1, 0.15) is 37.6 Å². The largest absolute Gasteiger partial charge is 0.143 e. The molecule has 0 aliphatic carbocycles. The zero-order valence-electron chi connectivity index (χ0n) is 9.96. The highest BCUT2D eigenvalue weighted by Gasteiger charge is 2.28. The van der Waals surface area contributed by atoms with E-state index in [9.17, 15) is 0 Å². The molecule has 1 aromatic heterocycles. The van der Waals surface area contributed by atoms with Crippen LogP contribution in [0.15, 0.2) is 29.6 Å². The molecule has 0 bridgehead atoms. The second-order valence-corrected chi connectivity index (χ2v) is 6.72. The lowest BCUT2D eigenvalue weighted by Crippen LogP contribution is -2.16. The Morgan fingerprint density at radius 2 is 2.00 bits per heavy atom. The van der Waals surface area contributed by atoms with Crippen molar-refractivity contribution in [2.45, 2.75) is 32.0 Å².